The molecule has 0 atom stereocenters. The Morgan fingerprint density at radius 1 is 1.25 bits per heavy atom. The van der Waals surface area contributed by atoms with Gasteiger partial charge in [0.05, 0.1) is 7.11 Å². The van der Waals surface area contributed by atoms with Crippen LogP contribution in [0.1, 0.15) is 29.8 Å². The van der Waals surface area contributed by atoms with Gasteiger partial charge in [-0.25, -0.2) is 13.6 Å². The van der Waals surface area contributed by atoms with Gasteiger partial charge in [0.15, 0.2) is 0 Å². The molecule has 1 rings (SSSR count). The first-order chi connectivity index (χ1) is 9.29. The van der Waals surface area contributed by atoms with E-state index in [0.717, 1.165) is 6.92 Å². The van der Waals surface area contributed by atoms with Crippen LogP contribution in [0.4, 0.5) is 8.78 Å². The number of amides is 1. The fourth-order valence-electron chi connectivity index (χ4n) is 1.46. The predicted octanol–water partition coefficient (Wildman–Crippen LogP) is 2.60. The fraction of sp³-hybridized carbons (Fsp3) is 0.286. The maximum atomic E-state index is 13.0. The largest absolute Gasteiger partial charge is 0.464 e. The van der Waals surface area contributed by atoms with E-state index in [2.05, 4.69) is 10.1 Å². The zero-order chi connectivity index (χ0) is 15.3. The number of hydrogen-bond acceptors (Lipinski definition) is 3. The molecule has 0 spiro atoms. The van der Waals surface area contributed by atoms with Crippen molar-refractivity contribution in [3.63, 3.8) is 0 Å². The molecule has 0 heterocycles. The molecule has 0 saturated carbocycles. The van der Waals surface area contributed by atoms with Crippen molar-refractivity contribution in [2.45, 2.75) is 19.8 Å². The van der Waals surface area contributed by atoms with Gasteiger partial charge >= 0.3 is 5.97 Å². The third-order valence-corrected chi connectivity index (χ3v) is 2.60. The normalized spacial score (nSPS) is 11.9. The standard InChI is InChI=1S/C14H15F2NO3/c1-4-11(13(19)20-3)17-12(18)9-5-7-10(8-6-9)14(2,15)16/h4-8H,1-3H3,(H,17,18)/b11-4+. The van der Waals surface area contributed by atoms with Gasteiger partial charge in [-0.3, -0.25) is 4.79 Å². The quantitative estimate of drug-likeness (QED) is 0.682. The van der Waals surface area contributed by atoms with Gasteiger partial charge in [0.25, 0.3) is 11.8 Å². The van der Waals surface area contributed by atoms with Crippen molar-refractivity contribution in [2.24, 2.45) is 0 Å². The number of carbonyl (C=O) groups excluding carboxylic acids is 2. The number of halogens is 2. The molecule has 108 valence electrons. The summed E-state index contributed by atoms with van der Waals surface area (Å²) in [6.45, 7) is 2.34. The van der Waals surface area contributed by atoms with Crippen LogP contribution in [0, 0.1) is 0 Å². The third kappa shape index (κ3) is 3.88. The highest BCUT2D eigenvalue weighted by atomic mass is 19.3. The van der Waals surface area contributed by atoms with E-state index in [0.29, 0.717) is 0 Å². The van der Waals surface area contributed by atoms with E-state index < -0.39 is 17.8 Å². The Balaban J connectivity index is 2.86. The summed E-state index contributed by atoms with van der Waals surface area (Å²) < 4.78 is 30.5. The lowest BCUT2D eigenvalue weighted by Crippen LogP contribution is -2.28. The Bertz CT molecular complexity index is 530. The molecule has 0 aliphatic heterocycles. The van der Waals surface area contributed by atoms with E-state index >= 15 is 0 Å². The monoisotopic (exact) mass is 283 g/mol. The second kappa shape index (κ2) is 6.27. The first-order valence-corrected chi connectivity index (χ1v) is 5.84. The number of rotatable bonds is 4. The number of hydrogen-bond donors (Lipinski definition) is 1. The van der Waals surface area contributed by atoms with Crippen LogP contribution in [0.5, 0.6) is 0 Å². The van der Waals surface area contributed by atoms with E-state index in [-0.39, 0.29) is 16.8 Å². The summed E-state index contributed by atoms with van der Waals surface area (Å²) in [6, 6.07) is 4.88. The van der Waals surface area contributed by atoms with Crippen LogP contribution in [-0.2, 0) is 15.5 Å². The zero-order valence-corrected chi connectivity index (χ0v) is 11.4. The third-order valence-electron chi connectivity index (χ3n) is 2.60. The minimum atomic E-state index is -2.96. The summed E-state index contributed by atoms with van der Waals surface area (Å²) in [5.41, 5.74) is -0.0306. The molecule has 1 N–H and O–H groups in total. The second-order valence-electron chi connectivity index (χ2n) is 4.11. The first-order valence-electron chi connectivity index (χ1n) is 5.84. The van der Waals surface area contributed by atoms with Crippen LogP contribution >= 0.6 is 0 Å². The van der Waals surface area contributed by atoms with Crippen LogP contribution in [0.3, 0.4) is 0 Å². The SMILES string of the molecule is C/C=C(/NC(=O)c1ccc(C(C)(F)F)cc1)C(=O)OC. The van der Waals surface area contributed by atoms with Crippen molar-refractivity contribution in [1.29, 1.82) is 0 Å². The van der Waals surface area contributed by atoms with Crippen LogP contribution in [0.2, 0.25) is 0 Å². The van der Waals surface area contributed by atoms with Gasteiger partial charge in [-0.15, -0.1) is 0 Å². The Morgan fingerprint density at radius 3 is 2.20 bits per heavy atom. The molecule has 20 heavy (non-hydrogen) atoms. The number of nitrogens with one attached hydrogen (secondary N) is 1. The topological polar surface area (TPSA) is 55.4 Å². The number of benzene rings is 1. The summed E-state index contributed by atoms with van der Waals surface area (Å²) in [6.07, 6.45) is 1.39. The Hall–Kier alpha value is -2.24. The minimum Gasteiger partial charge on any atom is -0.464 e. The summed E-state index contributed by atoms with van der Waals surface area (Å²) in [5.74, 6) is -4.22. The van der Waals surface area contributed by atoms with Crippen molar-refractivity contribution >= 4 is 11.9 Å². The molecule has 0 aliphatic rings. The molecular formula is C14H15F2NO3. The molecule has 0 fully saturated rings. The predicted molar refractivity (Wildman–Crippen MR) is 69.2 cm³/mol. The molecule has 0 unspecified atom stereocenters. The highest BCUT2D eigenvalue weighted by Gasteiger charge is 2.24. The lowest BCUT2D eigenvalue weighted by Gasteiger charge is -2.11. The minimum absolute atomic E-state index is 0.0117. The van der Waals surface area contributed by atoms with Crippen molar-refractivity contribution in [3.8, 4) is 0 Å². The summed E-state index contributed by atoms with van der Waals surface area (Å²) in [5, 5.41) is 2.35. The average molecular weight is 283 g/mol. The Kier molecular flexibility index (Phi) is 4.96. The first kappa shape index (κ1) is 15.8. The molecule has 1 aromatic rings. The van der Waals surface area contributed by atoms with Crippen LogP contribution in [0.25, 0.3) is 0 Å². The van der Waals surface area contributed by atoms with Crippen LogP contribution < -0.4 is 5.32 Å². The maximum absolute atomic E-state index is 13.0. The molecule has 0 radical (unpaired) electrons. The highest BCUT2D eigenvalue weighted by molar-refractivity contribution is 6.01. The van der Waals surface area contributed by atoms with Gasteiger partial charge in [-0.2, -0.15) is 0 Å². The fourth-order valence-corrected chi connectivity index (χ4v) is 1.46. The summed E-state index contributed by atoms with van der Waals surface area (Å²) >= 11 is 0. The van der Waals surface area contributed by atoms with Gasteiger partial charge < -0.3 is 10.1 Å². The lowest BCUT2D eigenvalue weighted by atomic mass is 10.1. The number of alkyl halides is 2. The van der Waals surface area contributed by atoms with Crippen molar-refractivity contribution in [2.75, 3.05) is 7.11 Å². The van der Waals surface area contributed by atoms with Gasteiger partial charge in [0, 0.05) is 18.1 Å². The van der Waals surface area contributed by atoms with Gasteiger partial charge in [-0.05, 0) is 19.1 Å². The Labute approximate surface area is 115 Å². The molecule has 4 nitrogen and oxygen atoms in total. The highest BCUT2D eigenvalue weighted by Crippen LogP contribution is 2.26. The van der Waals surface area contributed by atoms with Gasteiger partial charge in [-0.1, -0.05) is 18.2 Å². The van der Waals surface area contributed by atoms with Gasteiger partial charge in [0.2, 0.25) is 0 Å². The molecule has 0 bridgehead atoms. The zero-order valence-electron chi connectivity index (χ0n) is 11.4. The molecule has 6 heteroatoms. The molecule has 0 aromatic heterocycles. The van der Waals surface area contributed by atoms with Crippen LogP contribution in [0.15, 0.2) is 36.0 Å². The second-order valence-corrected chi connectivity index (χ2v) is 4.11. The van der Waals surface area contributed by atoms with E-state index in [9.17, 15) is 18.4 Å². The lowest BCUT2D eigenvalue weighted by molar-refractivity contribution is -0.136. The number of carbonyl (C=O) groups is 2. The summed E-state index contributed by atoms with van der Waals surface area (Å²) in [7, 11) is 1.19. The molecule has 0 aliphatic carbocycles. The van der Waals surface area contributed by atoms with Crippen molar-refractivity contribution < 1.29 is 23.1 Å². The number of allylic oxidation sites excluding steroid dienone is 1. The average Bonchev–Trinajstić information content (AvgIpc) is 2.42. The van der Waals surface area contributed by atoms with E-state index in [1.54, 1.807) is 6.92 Å². The molecule has 1 amide bonds. The Morgan fingerprint density at radius 2 is 1.80 bits per heavy atom. The molecule has 0 saturated heterocycles. The number of methoxy groups -OCH3 is 1. The molecular weight excluding hydrogens is 268 g/mol. The smallest absolute Gasteiger partial charge is 0.354 e. The van der Waals surface area contributed by atoms with Gasteiger partial charge in [0.1, 0.15) is 5.70 Å². The summed E-state index contributed by atoms with van der Waals surface area (Å²) in [4.78, 5) is 23.1. The van der Waals surface area contributed by atoms with Crippen molar-refractivity contribution in [3.05, 3.63) is 47.2 Å². The number of ether oxygens (including phenoxy) is 1. The van der Waals surface area contributed by atoms with E-state index in [1.807, 2.05) is 0 Å². The van der Waals surface area contributed by atoms with Crippen molar-refractivity contribution in [1.82, 2.24) is 5.32 Å². The van der Waals surface area contributed by atoms with E-state index in [1.165, 1.54) is 37.5 Å². The van der Waals surface area contributed by atoms with Crippen LogP contribution in [-0.4, -0.2) is 19.0 Å². The maximum Gasteiger partial charge on any atom is 0.354 e. The number of esters is 1. The van der Waals surface area contributed by atoms with E-state index in [4.69, 9.17) is 0 Å². The molecule has 1 aromatic carbocycles.